The molecule has 1 fully saturated rings. The monoisotopic (exact) mass is 508 g/mol. The number of ketones is 1. The number of unbranched alkanes of at least 4 members (excludes halogenated alkanes) is 1. The number of hydrogen-bond acceptors (Lipinski definition) is 5. The van der Waals surface area contributed by atoms with Crippen molar-refractivity contribution in [3.05, 3.63) is 66.0 Å². The number of rotatable bonds is 10. The van der Waals surface area contributed by atoms with Crippen molar-refractivity contribution in [1.82, 2.24) is 20.1 Å². The highest BCUT2D eigenvalue weighted by Crippen LogP contribution is 2.38. The Balaban J connectivity index is 1.92. The molecule has 3 atom stereocenters. The van der Waals surface area contributed by atoms with Gasteiger partial charge in [-0.25, -0.2) is 4.79 Å². The van der Waals surface area contributed by atoms with E-state index in [4.69, 9.17) is 0 Å². The van der Waals surface area contributed by atoms with Crippen molar-refractivity contribution in [3.8, 4) is 0 Å². The first-order valence-electron chi connectivity index (χ1n) is 12.7. The minimum Gasteiger partial charge on any atom is -0.465 e. The molecule has 1 aromatic heterocycles. The summed E-state index contributed by atoms with van der Waals surface area (Å²) in [5, 5.41) is 13.0. The van der Waals surface area contributed by atoms with Gasteiger partial charge >= 0.3 is 6.09 Å². The van der Waals surface area contributed by atoms with Crippen LogP contribution in [-0.2, 0) is 9.59 Å². The maximum atomic E-state index is 13.5. The molecule has 2 N–H and O–H groups in total. The van der Waals surface area contributed by atoms with Crippen molar-refractivity contribution in [2.75, 3.05) is 6.54 Å². The van der Waals surface area contributed by atoms with Crippen LogP contribution >= 0.6 is 0 Å². The van der Waals surface area contributed by atoms with Gasteiger partial charge in [-0.1, -0.05) is 63.9 Å². The van der Waals surface area contributed by atoms with Crippen LogP contribution in [0.25, 0.3) is 0 Å². The highest BCUT2D eigenvalue weighted by molar-refractivity contribution is 6.38. The number of amides is 3. The highest BCUT2D eigenvalue weighted by atomic mass is 16.4. The Morgan fingerprint density at radius 2 is 1.86 bits per heavy atom. The number of nitrogens with zero attached hydrogens (tertiary/aromatic N) is 3. The number of aromatic nitrogens is 1. The number of Topliss-reactive ketones (excluding diaryl/α,β-unsaturated/α-hetero) is 1. The average Bonchev–Trinajstić information content (AvgIpc) is 3.20. The average molecular weight is 509 g/mol. The summed E-state index contributed by atoms with van der Waals surface area (Å²) in [6, 6.07) is 10.8. The molecule has 2 unspecified atom stereocenters. The Labute approximate surface area is 217 Å². The van der Waals surface area contributed by atoms with E-state index in [9.17, 15) is 24.3 Å². The largest absolute Gasteiger partial charge is 0.465 e. The lowest BCUT2D eigenvalue weighted by molar-refractivity contribution is -0.142. The number of carbonyl (C=O) groups excluding carboxylic acids is 3. The minimum absolute atomic E-state index is 0.181. The lowest BCUT2D eigenvalue weighted by atomic mass is 9.91. The molecule has 9 nitrogen and oxygen atoms in total. The van der Waals surface area contributed by atoms with Crippen molar-refractivity contribution < 1.29 is 24.3 Å². The Kier molecular flexibility index (Phi) is 9.02. The number of hydrogen-bond donors (Lipinski definition) is 2. The van der Waals surface area contributed by atoms with E-state index in [0.29, 0.717) is 31.4 Å². The number of pyridine rings is 1. The van der Waals surface area contributed by atoms with Crippen LogP contribution in [0, 0.1) is 5.41 Å². The maximum Gasteiger partial charge on any atom is 0.409 e. The first-order chi connectivity index (χ1) is 17.6. The lowest BCUT2D eigenvalue weighted by Gasteiger charge is -2.37. The van der Waals surface area contributed by atoms with Gasteiger partial charge in [0.15, 0.2) is 0 Å². The molecule has 37 heavy (non-hydrogen) atoms. The number of nitrogens with one attached hydrogen (secondary N) is 1. The van der Waals surface area contributed by atoms with E-state index in [1.807, 2.05) is 51.1 Å². The van der Waals surface area contributed by atoms with Crippen molar-refractivity contribution in [3.63, 3.8) is 0 Å². The maximum absolute atomic E-state index is 13.5. The van der Waals surface area contributed by atoms with Crippen LogP contribution in [-0.4, -0.2) is 62.3 Å². The molecule has 1 saturated heterocycles. The molecule has 3 rings (SSSR count). The van der Waals surface area contributed by atoms with Crippen molar-refractivity contribution >= 4 is 23.7 Å². The van der Waals surface area contributed by atoms with Crippen molar-refractivity contribution in [1.29, 1.82) is 0 Å². The summed E-state index contributed by atoms with van der Waals surface area (Å²) in [6.45, 7) is 7.91. The summed E-state index contributed by atoms with van der Waals surface area (Å²) < 4.78 is 0. The molecule has 1 aromatic carbocycles. The molecule has 2 heterocycles. The normalized spacial score (nSPS) is 18.1. The van der Waals surface area contributed by atoms with Gasteiger partial charge in [0, 0.05) is 18.9 Å². The van der Waals surface area contributed by atoms with E-state index in [2.05, 4.69) is 10.3 Å². The number of carboxylic acid groups (broad SMARTS) is 1. The fraction of sp³-hybridized carbons (Fsp3) is 0.464. The fourth-order valence-corrected chi connectivity index (χ4v) is 4.85. The van der Waals surface area contributed by atoms with Gasteiger partial charge < -0.3 is 15.3 Å². The molecule has 0 bridgehead atoms. The summed E-state index contributed by atoms with van der Waals surface area (Å²) in [4.78, 5) is 59.2. The summed E-state index contributed by atoms with van der Waals surface area (Å²) in [7, 11) is 0. The van der Waals surface area contributed by atoms with E-state index in [1.54, 1.807) is 25.3 Å². The third-order valence-corrected chi connectivity index (χ3v) is 6.75. The molecular formula is C28H36N4O5. The van der Waals surface area contributed by atoms with Crippen molar-refractivity contribution in [2.24, 2.45) is 5.41 Å². The van der Waals surface area contributed by atoms with Crippen LogP contribution in [0.5, 0.6) is 0 Å². The molecule has 0 spiro atoms. The standard InChI is InChI=1S/C28H36N4O5/c1-5-6-14-22(24(33)25(34)30-19(2)20-11-8-7-9-12-20)32(27(36)37)23-16-28(3,4)18-31(23)26(35)21-13-10-15-29-17-21/h7-13,15,17,19,22-23H,5-6,14,16,18H2,1-4H3,(H,30,34)(H,36,37)/t19-,22?,23?/m1/s1. The topological polar surface area (TPSA) is 120 Å². The molecule has 0 radical (unpaired) electrons. The number of benzene rings is 1. The van der Waals surface area contributed by atoms with Crippen LogP contribution in [0.3, 0.4) is 0 Å². The second-order valence-electron chi connectivity index (χ2n) is 10.3. The van der Waals surface area contributed by atoms with E-state index in [1.165, 1.54) is 11.1 Å². The molecule has 2 aromatic rings. The third-order valence-electron chi connectivity index (χ3n) is 6.75. The Bertz CT molecular complexity index is 1110. The first kappa shape index (κ1) is 27.8. The molecular weight excluding hydrogens is 472 g/mol. The zero-order chi connectivity index (χ0) is 27.2. The molecule has 0 saturated carbocycles. The van der Waals surface area contributed by atoms with Gasteiger partial charge in [-0.3, -0.25) is 24.3 Å². The van der Waals surface area contributed by atoms with Gasteiger partial charge in [-0.2, -0.15) is 0 Å². The van der Waals surface area contributed by atoms with Crippen LogP contribution in [0.15, 0.2) is 54.9 Å². The smallest absolute Gasteiger partial charge is 0.409 e. The molecule has 198 valence electrons. The first-order valence-corrected chi connectivity index (χ1v) is 12.7. The second-order valence-corrected chi connectivity index (χ2v) is 10.3. The van der Waals surface area contributed by atoms with E-state index in [0.717, 1.165) is 10.5 Å². The zero-order valence-electron chi connectivity index (χ0n) is 21.9. The van der Waals surface area contributed by atoms with Crippen molar-refractivity contribution in [2.45, 2.75) is 71.6 Å². The van der Waals surface area contributed by atoms with Gasteiger partial charge in [-0.05, 0) is 42.9 Å². The summed E-state index contributed by atoms with van der Waals surface area (Å²) in [5.41, 5.74) is 0.773. The second kappa shape index (κ2) is 12.0. The van der Waals surface area contributed by atoms with Gasteiger partial charge in [-0.15, -0.1) is 0 Å². The summed E-state index contributed by atoms with van der Waals surface area (Å²) in [6.07, 6.45) is 2.54. The van der Waals surface area contributed by atoms with Gasteiger partial charge in [0.05, 0.1) is 11.6 Å². The predicted octanol–water partition coefficient (Wildman–Crippen LogP) is 4.27. The minimum atomic E-state index is -1.34. The quantitative estimate of drug-likeness (QED) is 0.463. The SMILES string of the molecule is CCCCC(C(=O)C(=O)N[C@H](C)c1ccccc1)N(C(=O)O)C1CC(C)(C)CN1C(=O)c1cccnc1. The molecule has 1 aliphatic heterocycles. The highest BCUT2D eigenvalue weighted by Gasteiger charge is 2.48. The summed E-state index contributed by atoms with van der Waals surface area (Å²) in [5.74, 6) is -2.03. The molecule has 3 amide bonds. The Morgan fingerprint density at radius 3 is 2.46 bits per heavy atom. The van der Waals surface area contributed by atoms with Gasteiger partial charge in [0.2, 0.25) is 5.78 Å². The third kappa shape index (κ3) is 6.72. The van der Waals surface area contributed by atoms with E-state index < -0.39 is 41.4 Å². The summed E-state index contributed by atoms with van der Waals surface area (Å²) >= 11 is 0. The molecule has 9 heteroatoms. The van der Waals surface area contributed by atoms with Gasteiger partial charge in [0.25, 0.3) is 11.8 Å². The van der Waals surface area contributed by atoms with E-state index in [-0.39, 0.29) is 12.3 Å². The Morgan fingerprint density at radius 1 is 1.16 bits per heavy atom. The Hall–Kier alpha value is -3.75. The number of likely N-dealkylation sites (tertiary alicyclic amines) is 1. The van der Waals surface area contributed by atoms with Crippen LogP contribution in [0.1, 0.15) is 75.3 Å². The van der Waals surface area contributed by atoms with Gasteiger partial charge in [0.1, 0.15) is 12.2 Å². The lowest BCUT2D eigenvalue weighted by Crippen LogP contribution is -2.58. The van der Waals surface area contributed by atoms with Crippen LogP contribution in [0.2, 0.25) is 0 Å². The van der Waals surface area contributed by atoms with Crippen LogP contribution in [0.4, 0.5) is 4.79 Å². The van der Waals surface area contributed by atoms with Crippen LogP contribution < -0.4 is 5.32 Å². The predicted molar refractivity (Wildman–Crippen MR) is 139 cm³/mol. The number of carbonyl (C=O) groups is 4. The van der Waals surface area contributed by atoms with E-state index >= 15 is 0 Å². The molecule has 0 aliphatic carbocycles. The fourth-order valence-electron chi connectivity index (χ4n) is 4.85. The zero-order valence-corrected chi connectivity index (χ0v) is 21.9. The molecule has 1 aliphatic rings.